The van der Waals surface area contributed by atoms with E-state index in [-0.39, 0.29) is 5.69 Å². The number of fused-ring (bicyclic) bond motifs is 2. The van der Waals surface area contributed by atoms with Crippen molar-refractivity contribution in [1.29, 1.82) is 0 Å². The van der Waals surface area contributed by atoms with Crippen molar-refractivity contribution in [3.8, 4) is 0 Å². The molecule has 0 aromatic heterocycles. The van der Waals surface area contributed by atoms with Gasteiger partial charge in [-0.1, -0.05) is 18.6 Å². The maximum Gasteiger partial charge on any atom is 0.471 e. The molecule has 0 aliphatic heterocycles. The molecule has 3 atom stereocenters. The first-order chi connectivity index (χ1) is 10.9. The number of nitrogens with one attached hydrogen (secondary N) is 2. The second kappa shape index (κ2) is 6.51. The van der Waals surface area contributed by atoms with Crippen LogP contribution in [0.25, 0.3) is 0 Å². The molecule has 2 bridgehead atoms. The molecule has 0 radical (unpaired) electrons. The molecule has 1 amide bonds. The molecule has 0 spiro atoms. The molecule has 1 aromatic carbocycles. The summed E-state index contributed by atoms with van der Waals surface area (Å²) in [6.45, 7) is 1.56. The Morgan fingerprint density at radius 3 is 2.70 bits per heavy atom. The number of hydrogen-bond acceptors (Lipinski definition) is 2. The van der Waals surface area contributed by atoms with Crippen LogP contribution in [-0.4, -0.2) is 18.6 Å². The Morgan fingerprint density at radius 1 is 1.22 bits per heavy atom. The maximum atomic E-state index is 12.3. The van der Waals surface area contributed by atoms with Crippen LogP contribution in [0, 0.1) is 17.8 Å². The maximum absolute atomic E-state index is 12.3. The Morgan fingerprint density at radius 2 is 2.04 bits per heavy atom. The van der Waals surface area contributed by atoms with Gasteiger partial charge in [0.1, 0.15) is 0 Å². The first-order valence-corrected chi connectivity index (χ1v) is 8.09. The second-order valence-corrected chi connectivity index (χ2v) is 6.72. The Bertz CT molecular complexity index is 573. The lowest BCUT2D eigenvalue weighted by atomic mass is 9.89. The number of benzene rings is 1. The molecule has 3 nitrogen and oxygen atoms in total. The summed E-state index contributed by atoms with van der Waals surface area (Å²) in [5.74, 6) is 0.559. The summed E-state index contributed by atoms with van der Waals surface area (Å²) in [4.78, 5) is 11.0. The third-order valence-electron chi connectivity index (χ3n) is 5.06. The lowest BCUT2D eigenvalue weighted by Crippen LogP contribution is -2.30. The first-order valence-electron chi connectivity index (χ1n) is 8.09. The Hall–Kier alpha value is -1.56. The van der Waals surface area contributed by atoms with Crippen LogP contribution in [-0.2, 0) is 11.3 Å². The number of hydrogen-bond donors (Lipinski definition) is 2. The number of anilines is 1. The van der Waals surface area contributed by atoms with Crippen molar-refractivity contribution >= 4 is 11.6 Å². The number of carbonyl (C=O) groups excluding carboxylic acids is 1. The number of carbonyl (C=O) groups is 1. The van der Waals surface area contributed by atoms with Crippen LogP contribution in [0.5, 0.6) is 0 Å². The van der Waals surface area contributed by atoms with Gasteiger partial charge in [-0.3, -0.25) is 4.79 Å². The van der Waals surface area contributed by atoms with Gasteiger partial charge in [0, 0.05) is 12.2 Å². The van der Waals surface area contributed by atoms with Crippen molar-refractivity contribution in [3.05, 3.63) is 29.8 Å². The summed E-state index contributed by atoms with van der Waals surface area (Å²) in [5, 5.41) is 5.29. The molecule has 2 aliphatic carbocycles. The van der Waals surface area contributed by atoms with Crippen molar-refractivity contribution in [3.63, 3.8) is 0 Å². The van der Waals surface area contributed by atoms with E-state index in [0.29, 0.717) is 6.54 Å². The van der Waals surface area contributed by atoms with E-state index in [2.05, 4.69) is 5.32 Å². The van der Waals surface area contributed by atoms with Crippen LogP contribution >= 0.6 is 0 Å². The Kier molecular flexibility index (Phi) is 4.62. The van der Waals surface area contributed by atoms with E-state index in [9.17, 15) is 18.0 Å². The summed E-state index contributed by atoms with van der Waals surface area (Å²) in [6, 6.07) is 6.54. The van der Waals surface area contributed by atoms with Crippen LogP contribution in [0.4, 0.5) is 18.9 Å². The van der Waals surface area contributed by atoms with E-state index in [1.807, 2.05) is 11.4 Å². The fourth-order valence-electron chi connectivity index (χ4n) is 3.99. The van der Waals surface area contributed by atoms with Gasteiger partial charge in [-0.05, 0) is 61.3 Å². The number of amides is 1. The van der Waals surface area contributed by atoms with Gasteiger partial charge in [-0.15, -0.1) is 0 Å². The van der Waals surface area contributed by atoms with Crippen LogP contribution in [0.2, 0.25) is 0 Å². The molecule has 3 rings (SSSR count). The average molecular weight is 326 g/mol. The van der Waals surface area contributed by atoms with Gasteiger partial charge in [0.2, 0.25) is 0 Å². The Balaban J connectivity index is 1.49. The number of alkyl halides is 3. The summed E-state index contributed by atoms with van der Waals surface area (Å²) < 4.78 is 36.8. The molecule has 126 valence electrons. The predicted molar refractivity (Wildman–Crippen MR) is 81.8 cm³/mol. The van der Waals surface area contributed by atoms with Crippen molar-refractivity contribution in [2.24, 2.45) is 17.8 Å². The second-order valence-electron chi connectivity index (χ2n) is 6.72. The standard InChI is InChI=1S/C17H21F3N2O/c18-17(19,20)16(23)22-15-3-1-2-12(8-15)9-21-10-14-7-11-4-5-13(14)6-11/h1-3,8,11,13-14,21H,4-7,9-10H2,(H,22,23). The highest BCUT2D eigenvalue weighted by molar-refractivity contribution is 5.94. The predicted octanol–water partition coefficient (Wildman–Crippen LogP) is 3.71. The first kappa shape index (κ1) is 16.3. The summed E-state index contributed by atoms with van der Waals surface area (Å²) >= 11 is 0. The molecule has 3 unspecified atom stereocenters. The smallest absolute Gasteiger partial charge is 0.318 e. The zero-order valence-corrected chi connectivity index (χ0v) is 12.8. The van der Waals surface area contributed by atoms with Crippen LogP contribution in [0.1, 0.15) is 31.2 Å². The topological polar surface area (TPSA) is 41.1 Å². The van der Waals surface area contributed by atoms with Gasteiger partial charge in [0.05, 0.1) is 0 Å². The van der Waals surface area contributed by atoms with E-state index in [4.69, 9.17) is 0 Å². The fraction of sp³-hybridized carbons (Fsp3) is 0.588. The molecule has 2 N–H and O–H groups in total. The summed E-state index contributed by atoms with van der Waals surface area (Å²) in [7, 11) is 0. The van der Waals surface area contributed by atoms with E-state index in [1.165, 1.54) is 31.7 Å². The van der Waals surface area contributed by atoms with Gasteiger partial charge < -0.3 is 10.6 Å². The minimum atomic E-state index is -4.87. The van der Waals surface area contributed by atoms with Gasteiger partial charge in [0.15, 0.2) is 0 Å². The van der Waals surface area contributed by atoms with E-state index in [0.717, 1.165) is 29.9 Å². The van der Waals surface area contributed by atoms with Gasteiger partial charge in [-0.2, -0.15) is 13.2 Å². The van der Waals surface area contributed by atoms with Gasteiger partial charge in [-0.25, -0.2) is 0 Å². The molecule has 0 saturated heterocycles. The van der Waals surface area contributed by atoms with E-state index < -0.39 is 12.1 Å². The van der Waals surface area contributed by atoms with E-state index >= 15 is 0 Å². The zero-order chi connectivity index (χ0) is 16.4. The summed E-state index contributed by atoms with van der Waals surface area (Å²) in [5.41, 5.74) is 1.04. The SMILES string of the molecule is O=C(Nc1cccc(CNCC2CC3CCC2C3)c1)C(F)(F)F. The quantitative estimate of drug-likeness (QED) is 0.866. The van der Waals surface area contributed by atoms with Crippen molar-refractivity contribution in [1.82, 2.24) is 5.32 Å². The van der Waals surface area contributed by atoms with E-state index in [1.54, 1.807) is 12.1 Å². The monoisotopic (exact) mass is 326 g/mol. The number of halogens is 3. The molecule has 0 heterocycles. The zero-order valence-electron chi connectivity index (χ0n) is 12.8. The van der Waals surface area contributed by atoms with Crippen LogP contribution < -0.4 is 10.6 Å². The van der Waals surface area contributed by atoms with Crippen molar-refractivity contribution in [2.45, 2.75) is 38.4 Å². The highest BCUT2D eigenvalue weighted by atomic mass is 19.4. The minimum Gasteiger partial charge on any atom is -0.318 e. The molecule has 2 saturated carbocycles. The molecule has 6 heteroatoms. The fourth-order valence-corrected chi connectivity index (χ4v) is 3.99. The Labute approximate surface area is 133 Å². The minimum absolute atomic E-state index is 0.173. The normalized spacial score (nSPS) is 26.5. The average Bonchev–Trinajstić information content (AvgIpc) is 3.09. The lowest BCUT2D eigenvalue weighted by Gasteiger charge is -2.22. The van der Waals surface area contributed by atoms with Gasteiger partial charge in [0.25, 0.3) is 0 Å². The molecular weight excluding hydrogens is 305 g/mol. The van der Waals surface area contributed by atoms with Gasteiger partial charge >= 0.3 is 12.1 Å². The molecule has 2 fully saturated rings. The highest BCUT2D eigenvalue weighted by Crippen LogP contribution is 2.47. The largest absolute Gasteiger partial charge is 0.471 e. The third kappa shape index (κ3) is 4.05. The summed E-state index contributed by atoms with van der Waals surface area (Å²) in [6.07, 6.45) is 0.527. The molecular formula is C17H21F3N2O. The van der Waals surface area contributed by atoms with Crippen LogP contribution in [0.15, 0.2) is 24.3 Å². The third-order valence-corrected chi connectivity index (χ3v) is 5.06. The highest BCUT2D eigenvalue weighted by Gasteiger charge is 2.39. The number of rotatable bonds is 5. The van der Waals surface area contributed by atoms with Crippen molar-refractivity contribution in [2.75, 3.05) is 11.9 Å². The van der Waals surface area contributed by atoms with Crippen molar-refractivity contribution < 1.29 is 18.0 Å². The molecule has 23 heavy (non-hydrogen) atoms. The van der Waals surface area contributed by atoms with Crippen LogP contribution in [0.3, 0.4) is 0 Å². The molecule has 2 aliphatic rings. The molecule has 1 aromatic rings. The lowest BCUT2D eigenvalue weighted by molar-refractivity contribution is -0.167.